The first-order chi connectivity index (χ1) is 7.74. The van der Waals surface area contributed by atoms with E-state index in [4.69, 9.17) is 17.3 Å². The highest BCUT2D eigenvalue weighted by molar-refractivity contribution is 6.34. The summed E-state index contributed by atoms with van der Waals surface area (Å²) in [6.07, 6.45) is 2.54. The summed E-state index contributed by atoms with van der Waals surface area (Å²) >= 11 is 0. The molecule has 1 aromatic carbocycles. The van der Waals surface area contributed by atoms with Gasteiger partial charge in [0.1, 0.15) is 19.3 Å². The Labute approximate surface area is 97.5 Å². The summed E-state index contributed by atoms with van der Waals surface area (Å²) in [6.45, 7) is 0.796. The third-order valence-electron chi connectivity index (χ3n) is 2.79. The lowest BCUT2D eigenvalue weighted by Gasteiger charge is -2.13. The van der Waals surface area contributed by atoms with Gasteiger partial charge in [0.05, 0.1) is 14.2 Å². The topological polar surface area (TPSA) is 30.5 Å². The average molecular weight is 217 g/mol. The highest BCUT2D eigenvalue weighted by Crippen LogP contribution is 2.24. The van der Waals surface area contributed by atoms with E-state index in [2.05, 4.69) is 5.32 Å². The first-order valence-corrected chi connectivity index (χ1v) is 5.48. The Morgan fingerprint density at radius 1 is 1.25 bits per heavy atom. The minimum Gasteiger partial charge on any atom is -0.497 e. The lowest BCUT2D eigenvalue weighted by Crippen LogP contribution is -2.17. The molecule has 1 aromatic rings. The van der Waals surface area contributed by atoms with E-state index in [1.165, 1.54) is 12.8 Å². The molecule has 2 rings (SSSR count). The van der Waals surface area contributed by atoms with Gasteiger partial charge >= 0.3 is 0 Å². The molecule has 0 aromatic heterocycles. The maximum atomic E-state index is 5.82. The summed E-state index contributed by atoms with van der Waals surface area (Å²) < 4.78 is 10.5. The molecule has 0 aliphatic heterocycles. The van der Waals surface area contributed by atoms with Crippen LogP contribution in [0, 0.1) is 0 Å². The van der Waals surface area contributed by atoms with E-state index in [0.717, 1.165) is 17.9 Å². The molecule has 0 atom stereocenters. The van der Waals surface area contributed by atoms with Crippen LogP contribution in [0.2, 0.25) is 0 Å². The third-order valence-corrected chi connectivity index (χ3v) is 2.79. The maximum absolute atomic E-state index is 5.82. The van der Waals surface area contributed by atoms with Crippen molar-refractivity contribution in [3.05, 3.63) is 17.7 Å². The second-order valence-electron chi connectivity index (χ2n) is 4.06. The van der Waals surface area contributed by atoms with E-state index in [9.17, 15) is 0 Å². The largest absolute Gasteiger partial charge is 0.497 e. The molecule has 0 bridgehead atoms. The Bertz CT molecular complexity index is 378. The molecule has 1 fully saturated rings. The van der Waals surface area contributed by atoms with Gasteiger partial charge in [-0.25, -0.2) is 0 Å². The van der Waals surface area contributed by atoms with Gasteiger partial charge in [-0.05, 0) is 25.0 Å². The molecule has 2 radical (unpaired) electrons. The standard InChI is InChI=1S/C12H16BNO2/c1-15-11-6-10(13)12(16-2)5-8(11)7-14-9-3-4-9/h5-6,9,14H,3-4,7H2,1-2H3. The van der Waals surface area contributed by atoms with Crippen LogP contribution in [0.4, 0.5) is 0 Å². The lowest BCUT2D eigenvalue weighted by molar-refractivity contribution is 0.399. The average Bonchev–Trinajstić information content (AvgIpc) is 3.10. The van der Waals surface area contributed by atoms with E-state index in [1.54, 1.807) is 14.2 Å². The zero-order chi connectivity index (χ0) is 11.5. The summed E-state index contributed by atoms with van der Waals surface area (Å²) in [5, 5.41) is 3.44. The Hall–Kier alpha value is -1.16. The summed E-state index contributed by atoms with van der Waals surface area (Å²) in [4.78, 5) is 0. The Morgan fingerprint density at radius 3 is 2.50 bits per heavy atom. The van der Waals surface area contributed by atoms with Gasteiger partial charge in [0, 0.05) is 18.2 Å². The SMILES string of the molecule is [B]c1cc(OC)c(CNC2CC2)cc1OC. The predicted octanol–water partition coefficient (Wildman–Crippen LogP) is 0.750. The fourth-order valence-corrected chi connectivity index (χ4v) is 1.66. The van der Waals surface area contributed by atoms with Crippen molar-refractivity contribution >= 4 is 13.3 Å². The predicted molar refractivity (Wildman–Crippen MR) is 64.8 cm³/mol. The fraction of sp³-hybridized carbons (Fsp3) is 0.500. The van der Waals surface area contributed by atoms with Gasteiger partial charge in [0.25, 0.3) is 0 Å². The van der Waals surface area contributed by atoms with Crippen molar-refractivity contribution in [1.29, 1.82) is 0 Å². The lowest BCUT2D eigenvalue weighted by atomic mass is 9.93. The molecular formula is C12H16BNO2. The normalized spacial score (nSPS) is 14.9. The van der Waals surface area contributed by atoms with E-state index in [1.807, 2.05) is 12.1 Å². The van der Waals surface area contributed by atoms with Gasteiger partial charge in [0.2, 0.25) is 0 Å². The quantitative estimate of drug-likeness (QED) is 0.738. The van der Waals surface area contributed by atoms with Crippen LogP contribution in [0.1, 0.15) is 18.4 Å². The molecule has 1 saturated carbocycles. The number of hydrogen-bond acceptors (Lipinski definition) is 3. The minimum atomic E-state index is 0.606. The Balaban J connectivity index is 2.17. The third kappa shape index (κ3) is 2.50. The monoisotopic (exact) mass is 217 g/mol. The zero-order valence-electron chi connectivity index (χ0n) is 9.75. The van der Waals surface area contributed by atoms with Gasteiger partial charge in [0.15, 0.2) is 0 Å². The number of hydrogen-bond donors (Lipinski definition) is 1. The first kappa shape index (κ1) is 11.3. The van der Waals surface area contributed by atoms with Gasteiger partial charge in [-0.1, -0.05) is 5.46 Å². The van der Waals surface area contributed by atoms with Crippen molar-refractivity contribution in [2.24, 2.45) is 0 Å². The molecule has 0 amide bonds. The molecule has 0 heterocycles. The second kappa shape index (κ2) is 4.79. The number of nitrogens with one attached hydrogen (secondary N) is 1. The Morgan fingerprint density at radius 2 is 1.94 bits per heavy atom. The molecular weight excluding hydrogens is 201 g/mol. The number of ether oxygens (including phenoxy) is 2. The van der Waals surface area contributed by atoms with Crippen LogP contribution in [0.5, 0.6) is 11.5 Å². The number of methoxy groups -OCH3 is 2. The van der Waals surface area contributed by atoms with Crippen LogP contribution in [0.15, 0.2) is 12.1 Å². The van der Waals surface area contributed by atoms with Crippen LogP contribution >= 0.6 is 0 Å². The molecule has 0 unspecified atom stereocenters. The van der Waals surface area contributed by atoms with E-state index >= 15 is 0 Å². The molecule has 0 spiro atoms. The van der Waals surface area contributed by atoms with Crippen molar-refractivity contribution in [3.8, 4) is 11.5 Å². The van der Waals surface area contributed by atoms with Crippen molar-refractivity contribution in [2.45, 2.75) is 25.4 Å². The van der Waals surface area contributed by atoms with Crippen LogP contribution in [-0.2, 0) is 6.54 Å². The van der Waals surface area contributed by atoms with Crippen LogP contribution in [0.25, 0.3) is 0 Å². The van der Waals surface area contributed by atoms with Crippen molar-refractivity contribution in [1.82, 2.24) is 5.32 Å². The highest BCUT2D eigenvalue weighted by atomic mass is 16.5. The summed E-state index contributed by atoms with van der Waals surface area (Å²) in [5.74, 6) is 1.51. The molecule has 16 heavy (non-hydrogen) atoms. The highest BCUT2D eigenvalue weighted by Gasteiger charge is 2.20. The molecule has 4 heteroatoms. The number of benzene rings is 1. The molecule has 0 saturated heterocycles. The molecule has 1 aliphatic carbocycles. The summed E-state index contributed by atoms with van der Waals surface area (Å²) in [6, 6.07) is 4.42. The summed E-state index contributed by atoms with van der Waals surface area (Å²) in [5.41, 5.74) is 1.69. The van der Waals surface area contributed by atoms with E-state index < -0.39 is 0 Å². The summed E-state index contributed by atoms with van der Waals surface area (Å²) in [7, 11) is 9.10. The van der Waals surface area contributed by atoms with E-state index in [0.29, 0.717) is 17.3 Å². The van der Waals surface area contributed by atoms with Crippen molar-refractivity contribution in [2.75, 3.05) is 14.2 Å². The second-order valence-corrected chi connectivity index (χ2v) is 4.06. The zero-order valence-corrected chi connectivity index (χ0v) is 9.75. The fourth-order valence-electron chi connectivity index (χ4n) is 1.66. The smallest absolute Gasteiger partial charge is 0.123 e. The molecule has 84 valence electrons. The van der Waals surface area contributed by atoms with Crippen LogP contribution in [-0.4, -0.2) is 28.1 Å². The van der Waals surface area contributed by atoms with Gasteiger partial charge in [-0.2, -0.15) is 0 Å². The van der Waals surface area contributed by atoms with Crippen molar-refractivity contribution < 1.29 is 9.47 Å². The number of rotatable bonds is 5. The molecule has 1 aliphatic rings. The van der Waals surface area contributed by atoms with Crippen LogP contribution in [0.3, 0.4) is 0 Å². The van der Waals surface area contributed by atoms with Crippen molar-refractivity contribution in [3.63, 3.8) is 0 Å². The molecule has 1 N–H and O–H groups in total. The molecule has 3 nitrogen and oxygen atoms in total. The first-order valence-electron chi connectivity index (χ1n) is 5.48. The van der Waals surface area contributed by atoms with Gasteiger partial charge in [-0.3, -0.25) is 0 Å². The minimum absolute atomic E-state index is 0.606. The van der Waals surface area contributed by atoms with Gasteiger partial charge in [-0.15, -0.1) is 0 Å². The Kier molecular flexibility index (Phi) is 3.39. The maximum Gasteiger partial charge on any atom is 0.123 e. The van der Waals surface area contributed by atoms with Gasteiger partial charge < -0.3 is 14.8 Å². The van der Waals surface area contributed by atoms with E-state index in [-0.39, 0.29) is 0 Å². The van der Waals surface area contributed by atoms with Crippen LogP contribution < -0.4 is 20.3 Å².